The third-order valence-electron chi connectivity index (χ3n) is 5.29. The second-order valence-corrected chi connectivity index (χ2v) is 6.86. The standard InChI is InChI=1S/C21H22N2O4/c1-26-15-7-8-19(27-2)16(12-15)18-4-3-9-23(18)21(25)14-6-5-13-11-20(24)22-17(13)10-14/h5-8,10,12,18H,3-4,9,11H2,1-2H3,(H,22,24). The third-order valence-corrected chi connectivity index (χ3v) is 5.29. The molecule has 2 heterocycles. The molecule has 1 N–H and O–H groups in total. The first-order valence-corrected chi connectivity index (χ1v) is 9.06. The fourth-order valence-electron chi connectivity index (χ4n) is 3.95. The highest BCUT2D eigenvalue weighted by atomic mass is 16.5. The van der Waals surface area contributed by atoms with Crippen LogP contribution in [0.3, 0.4) is 0 Å². The first-order chi connectivity index (χ1) is 13.1. The minimum Gasteiger partial charge on any atom is -0.497 e. The van der Waals surface area contributed by atoms with Gasteiger partial charge < -0.3 is 19.7 Å². The average molecular weight is 366 g/mol. The van der Waals surface area contributed by atoms with Crippen LogP contribution in [0.2, 0.25) is 0 Å². The molecule has 1 fully saturated rings. The van der Waals surface area contributed by atoms with Gasteiger partial charge in [-0.15, -0.1) is 0 Å². The highest BCUT2D eigenvalue weighted by Crippen LogP contribution is 2.40. The molecule has 4 rings (SSSR count). The maximum absolute atomic E-state index is 13.2. The molecule has 1 saturated heterocycles. The topological polar surface area (TPSA) is 67.9 Å². The molecule has 0 aromatic heterocycles. The van der Waals surface area contributed by atoms with Crippen molar-refractivity contribution < 1.29 is 19.1 Å². The maximum atomic E-state index is 13.2. The molecule has 0 aliphatic carbocycles. The summed E-state index contributed by atoms with van der Waals surface area (Å²) in [5.41, 5.74) is 3.21. The van der Waals surface area contributed by atoms with Gasteiger partial charge in [0.2, 0.25) is 5.91 Å². The van der Waals surface area contributed by atoms with E-state index in [1.165, 1.54) is 0 Å². The zero-order valence-corrected chi connectivity index (χ0v) is 15.5. The summed E-state index contributed by atoms with van der Waals surface area (Å²) in [6.07, 6.45) is 2.17. The smallest absolute Gasteiger partial charge is 0.254 e. The molecule has 2 aliphatic rings. The van der Waals surface area contributed by atoms with Crippen LogP contribution in [-0.4, -0.2) is 37.5 Å². The minimum atomic E-state index is -0.0644. The number of anilines is 1. The van der Waals surface area contributed by atoms with Crippen molar-refractivity contribution >= 4 is 17.5 Å². The Morgan fingerprint density at radius 2 is 2.00 bits per heavy atom. The van der Waals surface area contributed by atoms with Gasteiger partial charge >= 0.3 is 0 Å². The molecule has 1 atom stereocenters. The lowest BCUT2D eigenvalue weighted by Crippen LogP contribution is -2.30. The largest absolute Gasteiger partial charge is 0.497 e. The Bertz CT molecular complexity index is 909. The molecule has 0 spiro atoms. The average Bonchev–Trinajstić information content (AvgIpc) is 3.31. The van der Waals surface area contributed by atoms with Crippen molar-refractivity contribution in [2.45, 2.75) is 25.3 Å². The van der Waals surface area contributed by atoms with E-state index in [1.54, 1.807) is 26.4 Å². The van der Waals surface area contributed by atoms with Gasteiger partial charge in [0, 0.05) is 23.4 Å². The highest BCUT2D eigenvalue weighted by Gasteiger charge is 2.33. The molecule has 0 bridgehead atoms. The number of carbonyl (C=O) groups is 2. The van der Waals surface area contributed by atoms with E-state index in [0.717, 1.165) is 41.2 Å². The fourth-order valence-corrected chi connectivity index (χ4v) is 3.95. The van der Waals surface area contributed by atoms with E-state index in [2.05, 4.69) is 5.32 Å². The number of likely N-dealkylation sites (tertiary alicyclic amines) is 1. The predicted octanol–water partition coefficient (Wildman–Crippen LogP) is 3.18. The first-order valence-electron chi connectivity index (χ1n) is 9.06. The van der Waals surface area contributed by atoms with Gasteiger partial charge in [-0.1, -0.05) is 6.07 Å². The number of hydrogen-bond acceptors (Lipinski definition) is 4. The summed E-state index contributed by atoms with van der Waals surface area (Å²) in [7, 11) is 3.26. The zero-order chi connectivity index (χ0) is 19.0. The molecule has 2 aromatic rings. The summed E-state index contributed by atoms with van der Waals surface area (Å²) < 4.78 is 10.9. The summed E-state index contributed by atoms with van der Waals surface area (Å²) >= 11 is 0. The van der Waals surface area contributed by atoms with Gasteiger partial charge in [-0.3, -0.25) is 9.59 Å². The van der Waals surface area contributed by atoms with Crippen LogP contribution >= 0.6 is 0 Å². The van der Waals surface area contributed by atoms with Gasteiger partial charge in [0.1, 0.15) is 11.5 Å². The lowest BCUT2D eigenvalue weighted by Gasteiger charge is -2.27. The molecule has 1 unspecified atom stereocenters. The summed E-state index contributed by atoms with van der Waals surface area (Å²) in [5.74, 6) is 1.42. The molecule has 2 aromatic carbocycles. The summed E-state index contributed by atoms with van der Waals surface area (Å²) in [6.45, 7) is 0.688. The zero-order valence-electron chi connectivity index (χ0n) is 15.5. The van der Waals surface area contributed by atoms with Gasteiger partial charge in [-0.25, -0.2) is 0 Å². The van der Waals surface area contributed by atoms with Crippen LogP contribution in [0.15, 0.2) is 36.4 Å². The number of nitrogens with one attached hydrogen (secondary N) is 1. The van der Waals surface area contributed by atoms with E-state index in [0.29, 0.717) is 18.5 Å². The van der Waals surface area contributed by atoms with E-state index >= 15 is 0 Å². The van der Waals surface area contributed by atoms with Crippen LogP contribution in [0.4, 0.5) is 5.69 Å². The second kappa shape index (κ2) is 6.95. The molecule has 6 heteroatoms. The minimum absolute atomic E-state index is 0.0326. The van der Waals surface area contributed by atoms with E-state index < -0.39 is 0 Å². The van der Waals surface area contributed by atoms with Crippen LogP contribution < -0.4 is 14.8 Å². The van der Waals surface area contributed by atoms with E-state index in [1.807, 2.05) is 29.2 Å². The number of fused-ring (bicyclic) bond motifs is 1. The van der Waals surface area contributed by atoms with E-state index in [-0.39, 0.29) is 17.9 Å². The molecular weight excluding hydrogens is 344 g/mol. The number of hydrogen-bond donors (Lipinski definition) is 1. The number of amides is 2. The Morgan fingerprint density at radius 3 is 2.78 bits per heavy atom. The molecule has 0 radical (unpaired) electrons. The molecular formula is C21H22N2O4. The summed E-state index contributed by atoms with van der Waals surface area (Å²) in [4.78, 5) is 26.7. The Labute approximate surface area is 158 Å². The normalized spacial score (nSPS) is 18.2. The monoisotopic (exact) mass is 366 g/mol. The predicted molar refractivity (Wildman–Crippen MR) is 101 cm³/mol. The second-order valence-electron chi connectivity index (χ2n) is 6.86. The molecule has 27 heavy (non-hydrogen) atoms. The van der Waals surface area contributed by atoms with Crippen LogP contribution in [0.5, 0.6) is 11.5 Å². The molecule has 2 aliphatic heterocycles. The van der Waals surface area contributed by atoms with Crippen molar-refractivity contribution in [2.24, 2.45) is 0 Å². The number of rotatable bonds is 4. The van der Waals surface area contributed by atoms with Crippen molar-refractivity contribution in [2.75, 3.05) is 26.1 Å². The number of methoxy groups -OCH3 is 2. The quantitative estimate of drug-likeness (QED) is 0.902. The van der Waals surface area contributed by atoms with Crippen LogP contribution in [0, 0.1) is 0 Å². The van der Waals surface area contributed by atoms with E-state index in [4.69, 9.17) is 9.47 Å². The molecule has 2 amide bonds. The first kappa shape index (κ1) is 17.4. The number of ether oxygens (including phenoxy) is 2. The van der Waals surface area contributed by atoms with Gasteiger partial charge in [-0.2, -0.15) is 0 Å². The maximum Gasteiger partial charge on any atom is 0.254 e. The lowest BCUT2D eigenvalue weighted by atomic mass is 10.0. The van der Waals surface area contributed by atoms with Crippen molar-refractivity contribution in [3.63, 3.8) is 0 Å². The number of carbonyl (C=O) groups excluding carboxylic acids is 2. The summed E-state index contributed by atoms with van der Waals surface area (Å²) in [5, 5.41) is 2.81. The number of benzene rings is 2. The Morgan fingerprint density at radius 1 is 1.15 bits per heavy atom. The van der Waals surface area contributed by atoms with Crippen LogP contribution in [0.25, 0.3) is 0 Å². The van der Waals surface area contributed by atoms with Crippen molar-refractivity contribution in [3.05, 3.63) is 53.1 Å². The van der Waals surface area contributed by atoms with Crippen molar-refractivity contribution in [3.8, 4) is 11.5 Å². The van der Waals surface area contributed by atoms with Gasteiger partial charge in [-0.05, 0) is 48.7 Å². The Hall–Kier alpha value is -3.02. The molecule has 140 valence electrons. The summed E-state index contributed by atoms with van der Waals surface area (Å²) in [6, 6.07) is 11.0. The van der Waals surface area contributed by atoms with Crippen molar-refractivity contribution in [1.29, 1.82) is 0 Å². The Balaban J connectivity index is 1.65. The number of nitrogens with zero attached hydrogens (tertiary/aromatic N) is 1. The molecule has 0 saturated carbocycles. The van der Waals surface area contributed by atoms with Crippen molar-refractivity contribution in [1.82, 2.24) is 4.90 Å². The van der Waals surface area contributed by atoms with Crippen LogP contribution in [-0.2, 0) is 11.2 Å². The van der Waals surface area contributed by atoms with E-state index in [9.17, 15) is 9.59 Å². The van der Waals surface area contributed by atoms with Crippen LogP contribution in [0.1, 0.15) is 40.4 Å². The molecule has 6 nitrogen and oxygen atoms in total. The van der Waals surface area contributed by atoms with Gasteiger partial charge in [0.05, 0.1) is 26.7 Å². The van der Waals surface area contributed by atoms with Gasteiger partial charge in [0.15, 0.2) is 0 Å². The Kier molecular flexibility index (Phi) is 4.48. The van der Waals surface area contributed by atoms with Gasteiger partial charge in [0.25, 0.3) is 5.91 Å². The highest BCUT2D eigenvalue weighted by molar-refractivity contribution is 6.02. The lowest BCUT2D eigenvalue weighted by molar-refractivity contribution is -0.115. The SMILES string of the molecule is COc1ccc(OC)c(C2CCCN2C(=O)c2ccc3c(c2)NC(=O)C3)c1. The third kappa shape index (κ3) is 3.12. The fraction of sp³-hybridized carbons (Fsp3) is 0.333.